The lowest BCUT2D eigenvalue weighted by atomic mass is 9.62. The van der Waals surface area contributed by atoms with Crippen LogP contribution < -0.4 is 10.6 Å². The Balaban J connectivity index is 1.46. The molecule has 6 atom stereocenters. The van der Waals surface area contributed by atoms with E-state index >= 15 is 0 Å². The number of rotatable bonds is 9. The smallest absolute Gasteiger partial charge is 0.247 e. The van der Waals surface area contributed by atoms with Crippen LogP contribution >= 0.6 is 0 Å². The molecule has 194 valence electrons. The van der Waals surface area contributed by atoms with Gasteiger partial charge in [0.15, 0.2) is 0 Å². The second kappa shape index (κ2) is 9.11. The van der Waals surface area contributed by atoms with Gasteiger partial charge in [-0.1, -0.05) is 31.2 Å². The predicted molar refractivity (Wildman–Crippen MR) is 129 cm³/mol. The molecule has 3 aliphatic rings. The van der Waals surface area contributed by atoms with E-state index in [9.17, 15) is 19.5 Å². The van der Waals surface area contributed by atoms with Gasteiger partial charge in [-0.05, 0) is 44.2 Å². The van der Waals surface area contributed by atoms with Crippen molar-refractivity contribution in [2.45, 2.75) is 63.9 Å². The van der Waals surface area contributed by atoms with Crippen LogP contribution in [0.2, 0.25) is 0 Å². The molecule has 2 aromatic rings. The minimum absolute atomic E-state index is 0.0220. The molecule has 2 bridgehead atoms. The summed E-state index contributed by atoms with van der Waals surface area (Å²) in [6, 6.07) is 6.53. The summed E-state index contributed by atoms with van der Waals surface area (Å²) in [5.74, 6) is -2.29. The maximum Gasteiger partial charge on any atom is 0.247 e. The molecular weight excluding hydrogens is 464 g/mol. The van der Waals surface area contributed by atoms with E-state index < -0.39 is 29.1 Å². The highest BCUT2D eigenvalue weighted by molar-refractivity contribution is 5.99. The van der Waals surface area contributed by atoms with Crippen LogP contribution in [0.3, 0.4) is 0 Å². The molecule has 3 fully saturated rings. The Morgan fingerprint density at radius 1 is 1.25 bits per heavy atom. The van der Waals surface area contributed by atoms with E-state index in [-0.39, 0.29) is 43.5 Å². The van der Waals surface area contributed by atoms with Crippen LogP contribution in [-0.2, 0) is 25.8 Å². The van der Waals surface area contributed by atoms with Gasteiger partial charge in [0.25, 0.3) is 0 Å². The van der Waals surface area contributed by atoms with Crippen molar-refractivity contribution >= 4 is 28.8 Å². The molecule has 4 heterocycles. The van der Waals surface area contributed by atoms with E-state index in [2.05, 4.69) is 20.9 Å². The Labute approximate surface area is 209 Å². The number of fused-ring (bicyclic) bond motifs is 2. The first-order chi connectivity index (χ1) is 17.3. The lowest BCUT2D eigenvalue weighted by Crippen LogP contribution is -2.56. The van der Waals surface area contributed by atoms with E-state index in [1.165, 1.54) is 4.90 Å². The van der Waals surface area contributed by atoms with Gasteiger partial charge in [0.2, 0.25) is 17.7 Å². The number of para-hydroxylation sites is 1. The molecular formula is C25H34N6O5. The number of hydrogen-bond donors (Lipinski definition) is 3. The van der Waals surface area contributed by atoms with Crippen LogP contribution in [0.25, 0.3) is 11.0 Å². The number of likely N-dealkylation sites (tertiary alicyclic amines) is 1. The molecule has 3 N–H and O–H groups in total. The molecule has 3 amide bonds. The van der Waals surface area contributed by atoms with Crippen molar-refractivity contribution in [1.29, 1.82) is 0 Å². The van der Waals surface area contributed by atoms with Gasteiger partial charge in [-0.25, -0.2) is 4.68 Å². The molecule has 0 aliphatic carbocycles. The highest BCUT2D eigenvalue weighted by atomic mass is 16.5. The predicted octanol–water partition coefficient (Wildman–Crippen LogP) is 0.424. The van der Waals surface area contributed by atoms with Crippen molar-refractivity contribution < 1.29 is 24.2 Å². The summed E-state index contributed by atoms with van der Waals surface area (Å²) < 4.78 is 8.23. The molecule has 3 aliphatic heterocycles. The Hall–Kier alpha value is -3.05. The zero-order valence-corrected chi connectivity index (χ0v) is 20.9. The fraction of sp³-hybridized carbons (Fsp3) is 0.640. The number of aliphatic hydroxyl groups is 1. The van der Waals surface area contributed by atoms with Crippen LogP contribution in [0.15, 0.2) is 24.3 Å². The average Bonchev–Trinajstić information content (AvgIpc) is 3.53. The molecule has 1 aromatic carbocycles. The second-order valence-corrected chi connectivity index (χ2v) is 10.4. The maximum atomic E-state index is 13.8. The lowest BCUT2D eigenvalue weighted by molar-refractivity contribution is -0.147. The van der Waals surface area contributed by atoms with Crippen LogP contribution in [0.5, 0.6) is 0 Å². The summed E-state index contributed by atoms with van der Waals surface area (Å²) >= 11 is 0. The van der Waals surface area contributed by atoms with Crippen LogP contribution in [0, 0.1) is 17.8 Å². The highest BCUT2D eigenvalue weighted by Crippen LogP contribution is 2.65. The molecule has 1 aromatic heterocycles. The highest BCUT2D eigenvalue weighted by Gasteiger charge is 2.79. The fourth-order valence-electron chi connectivity index (χ4n) is 6.56. The van der Waals surface area contributed by atoms with Crippen molar-refractivity contribution in [2.24, 2.45) is 17.8 Å². The van der Waals surface area contributed by atoms with Gasteiger partial charge in [-0.3, -0.25) is 14.4 Å². The first-order valence-electron chi connectivity index (χ1n) is 12.7. The van der Waals surface area contributed by atoms with Crippen LogP contribution in [0.1, 0.15) is 40.0 Å². The standard InChI is InChI=1S/C25H34N6O5/c1-4-10-26-21(33)18-19-23(35)30(11-7-12-32)20(25(19)13-15(2)24(18,3)36-25)22(34)27-14-31-17-9-6-5-8-16(17)28-29-31/h5-6,8-9,15,18-20,32H,4,7,10-14H2,1-3H3,(H,26,33)(H,27,34)/t15?,18-,19+,20?,24+,25?/m1/s1. The number of carbonyl (C=O) groups is 3. The number of benzene rings is 1. The number of aromatic nitrogens is 3. The zero-order chi connectivity index (χ0) is 25.7. The number of nitrogens with zero attached hydrogens (tertiary/aromatic N) is 4. The minimum Gasteiger partial charge on any atom is -0.396 e. The summed E-state index contributed by atoms with van der Waals surface area (Å²) in [5, 5.41) is 23.6. The number of ether oxygens (including phenoxy) is 1. The zero-order valence-electron chi connectivity index (χ0n) is 20.9. The van der Waals surface area contributed by atoms with Crippen molar-refractivity contribution in [1.82, 2.24) is 30.5 Å². The van der Waals surface area contributed by atoms with Gasteiger partial charge in [0.1, 0.15) is 23.8 Å². The van der Waals surface area contributed by atoms with Gasteiger partial charge in [-0.2, -0.15) is 0 Å². The topological polar surface area (TPSA) is 139 Å². The van der Waals surface area contributed by atoms with Gasteiger partial charge >= 0.3 is 0 Å². The van der Waals surface area contributed by atoms with E-state index in [4.69, 9.17) is 4.74 Å². The number of amides is 3. The van der Waals surface area contributed by atoms with Gasteiger partial charge in [0, 0.05) is 19.7 Å². The second-order valence-electron chi connectivity index (χ2n) is 10.4. The summed E-state index contributed by atoms with van der Waals surface area (Å²) in [6.07, 6.45) is 1.60. The van der Waals surface area contributed by atoms with Crippen LogP contribution in [0.4, 0.5) is 0 Å². The average molecular weight is 499 g/mol. The number of aliphatic hydroxyl groups excluding tert-OH is 1. The van der Waals surface area contributed by atoms with Gasteiger partial charge < -0.3 is 25.4 Å². The Morgan fingerprint density at radius 3 is 2.78 bits per heavy atom. The Kier molecular flexibility index (Phi) is 6.24. The van der Waals surface area contributed by atoms with Gasteiger partial charge in [-0.15, -0.1) is 5.10 Å². The quantitative estimate of drug-likeness (QED) is 0.456. The number of nitrogens with one attached hydrogen (secondary N) is 2. The molecule has 3 saturated heterocycles. The van der Waals surface area contributed by atoms with E-state index in [0.29, 0.717) is 24.9 Å². The molecule has 1 spiro atoms. The Morgan fingerprint density at radius 2 is 2.03 bits per heavy atom. The normalized spacial score (nSPS) is 32.8. The first kappa shape index (κ1) is 24.6. The molecule has 5 rings (SSSR count). The third kappa shape index (κ3) is 3.51. The van der Waals surface area contributed by atoms with Crippen molar-refractivity contribution in [3.63, 3.8) is 0 Å². The van der Waals surface area contributed by atoms with Gasteiger partial charge in [0.05, 0.1) is 23.0 Å². The Bertz CT molecular complexity index is 1180. The monoisotopic (exact) mass is 498 g/mol. The van der Waals surface area contributed by atoms with E-state index in [1.807, 2.05) is 45.0 Å². The molecule has 0 saturated carbocycles. The molecule has 3 unspecified atom stereocenters. The van der Waals surface area contributed by atoms with Crippen molar-refractivity contribution in [3.05, 3.63) is 24.3 Å². The third-order valence-corrected chi connectivity index (χ3v) is 8.28. The summed E-state index contributed by atoms with van der Waals surface area (Å²) in [6.45, 7) is 6.56. The maximum absolute atomic E-state index is 13.8. The summed E-state index contributed by atoms with van der Waals surface area (Å²) in [4.78, 5) is 42.4. The molecule has 11 nitrogen and oxygen atoms in total. The SMILES string of the molecule is CCCNC(=O)[C@H]1[C@H]2C(=O)N(CCCO)C(C(=O)NCn3nnc4ccccc43)C23CC(C)[C@]1(C)O3. The minimum atomic E-state index is -1.11. The largest absolute Gasteiger partial charge is 0.396 e. The molecule has 11 heteroatoms. The summed E-state index contributed by atoms with van der Waals surface area (Å²) in [5.41, 5.74) is -0.461. The van der Waals surface area contributed by atoms with E-state index in [1.54, 1.807) is 4.68 Å². The lowest BCUT2D eigenvalue weighted by Gasteiger charge is -2.36. The van der Waals surface area contributed by atoms with Crippen molar-refractivity contribution in [2.75, 3.05) is 19.7 Å². The van der Waals surface area contributed by atoms with E-state index in [0.717, 1.165) is 11.9 Å². The van der Waals surface area contributed by atoms with Crippen LogP contribution in [-0.4, -0.2) is 79.7 Å². The fourth-order valence-corrected chi connectivity index (χ4v) is 6.56. The summed E-state index contributed by atoms with van der Waals surface area (Å²) in [7, 11) is 0. The number of hydrogen-bond acceptors (Lipinski definition) is 7. The first-order valence-corrected chi connectivity index (χ1v) is 12.7. The molecule has 0 radical (unpaired) electrons. The third-order valence-electron chi connectivity index (χ3n) is 8.28. The molecule has 36 heavy (non-hydrogen) atoms. The van der Waals surface area contributed by atoms with Crippen molar-refractivity contribution in [3.8, 4) is 0 Å². The number of carbonyl (C=O) groups excluding carboxylic acids is 3.